The largest absolute Gasteiger partial charge is 0.340 e. The summed E-state index contributed by atoms with van der Waals surface area (Å²) in [6, 6.07) is 2.22. The van der Waals surface area contributed by atoms with E-state index in [4.69, 9.17) is 5.26 Å². The van der Waals surface area contributed by atoms with E-state index in [1.54, 1.807) is 19.4 Å². The number of aromatic nitrogens is 2. The van der Waals surface area contributed by atoms with Crippen LogP contribution in [0.4, 0.5) is 0 Å². The number of thioether (sulfide) groups is 1. The van der Waals surface area contributed by atoms with Gasteiger partial charge in [-0.05, 0) is 14.0 Å². The first-order valence-electron chi connectivity index (χ1n) is 3.92. The van der Waals surface area contributed by atoms with Crippen LogP contribution in [0.5, 0.6) is 0 Å². The van der Waals surface area contributed by atoms with E-state index in [0.29, 0.717) is 5.75 Å². The molecule has 0 aliphatic carbocycles. The lowest BCUT2D eigenvalue weighted by molar-refractivity contribution is 0.550. The van der Waals surface area contributed by atoms with E-state index in [1.807, 2.05) is 6.92 Å². The zero-order valence-corrected chi connectivity index (χ0v) is 8.48. The number of hydrogen-bond acceptors (Lipinski definition) is 4. The van der Waals surface area contributed by atoms with Gasteiger partial charge in [0.05, 0.1) is 6.07 Å². The summed E-state index contributed by atoms with van der Waals surface area (Å²) in [4.78, 5) is 7.03. The van der Waals surface area contributed by atoms with Crippen molar-refractivity contribution in [3.63, 3.8) is 0 Å². The van der Waals surface area contributed by atoms with Crippen molar-refractivity contribution in [3.8, 4) is 6.07 Å². The molecule has 0 aliphatic heterocycles. The number of rotatable bonds is 4. The van der Waals surface area contributed by atoms with E-state index in [9.17, 15) is 0 Å². The van der Waals surface area contributed by atoms with Crippen molar-refractivity contribution in [2.45, 2.75) is 17.6 Å². The van der Waals surface area contributed by atoms with Crippen molar-refractivity contribution in [3.05, 3.63) is 12.4 Å². The van der Waals surface area contributed by atoms with Gasteiger partial charge < -0.3 is 10.3 Å². The van der Waals surface area contributed by atoms with E-state index in [-0.39, 0.29) is 0 Å². The van der Waals surface area contributed by atoms with Gasteiger partial charge in [-0.15, -0.1) is 0 Å². The molecule has 70 valence electrons. The molecule has 0 spiro atoms. The lowest BCUT2D eigenvalue weighted by Crippen LogP contribution is -2.40. The summed E-state index contributed by atoms with van der Waals surface area (Å²) in [5, 5.41) is 12.7. The van der Waals surface area contributed by atoms with Crippen LogP contribution in [0.15, 0.2) is 17.6 Å². The van der Waals surface area contributed by atoms with Crippen molar-refractivity contribution >= 4 is 11.8 Å². The number of nitrogens with one attached hydrogen (secondary N) is 2. The molecule has 0 amide bonds. The van der Waals surface area contributed by atoms with Gasteiger partial charge in [-0.25, -0.2) is 4.98 Å². The predicted molar refractivity (Wildman–Crippen MR) is 52.4 cm³/mol. The fourth-order valence-corrected chi connectivity index (χ4v) is 1.62. The zero-order chi connectivity index (χ0) is 9.73. The second-order valence-corrected chi connectivity index (χ2v) is 3.84. The summed E-state index contributed by atoms with van der Waals surface area (Å²) in [7, 11) is 1.78. The van der Waals surface area contributed by atoms with Crippen LogP contribution in [0.2, 0.25) is 0 Å². The molecule has 1 aromatic heterocycles. The molecule has 2 N–H and O–H groups in total. The summed E-state index contributed by atoms with van der Waals surface area (Å²) in [6.07, 6.45) is 3.47. The minimum Gasteiger partial charge on any atom is -0.340 e. The molecule has 1 unspecified atom stereocenters. The molecule has 0 bridgehead atoms. The third-order valence-corrected chi connectivity index (χ3v) is 2.99. The van der Waals surface area contributed by atoms with Crippen LogP contribution in [0, 0.1) is 11.3 Å². The fraction of sp³-hybridized carbons (Fsp3) is 0.500. The van der Waals surface area contributed by atoms with Crippen molar-refractivity contribution in [2.75, 3.05) is 12.8 Å². The molecule has 0 aromatic carbocycles. The Hall–Kier alpha value is -0.990. The van der Waals surface area contributed by atoms with Crippen molar-refractivity contribution in [2.24, 2.45) is 0 Å². The molecule has 4 nitrogen and oxygen atoms in total. The number of imidazole rings is 1. The standard InChI is InChI=1S/C8H12N4S/c1-8(5-9,10-2)6-13-7-11-3-4-12-7/h3-4,10H,6H2,1-2H3,(H,11,12). The van der Waals surface area contributed by atoms with Gasteiger partial charge in [0.1, 0.15) is 5.54 Å². The average Bonchev–Trinajstić information content (AvgIpc) is 2.67. The summed E-state index contributed by atoms with van der Waals surface area (Å²) in [5.41, 5.74) is -0.489. The molecule has 0 radical (unpaired) electrons. The first-order valence-corrected chi connectivity index (χ1v) is 4.91. The number of H-pyrrole nitrogens is 1. The van der Waals surface area contributed by atoms with Crippen LogP contribution in [-0.2, 0) is 0 Å². The Morgan fingerprint density at radius 3 is 3.08 bits per heavy atom. The minimum absolute atomic E-state index is 0.489. The number of nitriles is 1. The molecule has 0 fully saturated rings. The van der Waals surface area contributed by atoms with E-state index < -0.39 is 5.54 Å². The summed E-state index contributed by atoms with van der Waals surface area (Å²) in [6.45, 7) is 1.86. The molecule has 0 saturated heterocycles. The average molecular weight is 196 g/mol. The molecule has 0 aliphatic rings. The van der Waals surface area contributed by atoms with Crippen molar-refractivity contribution < 1.29 is 0 Å². The molecule has 0 saturated carbocycles. The van der Waals surface area contributed by atoms with Crippen LogP contribution in [0.25, 0.3) is 0 Å². The fourth-order valence-electron chi connectivity index (χ4n) is 0.703. The second-order valence-electron chi connectivity index (χ2n) is 2.88. The Morgan fingerprint density at radius 1 is 1.85 bits per heavy atom. The lowest BCUT2D eigenvalue weighted by atomic mass is 10.1. The van der Waals surface area contributed by atoms with Crippen LogP contribution < -0.4 is 5.32 Å². The first kappa shape index (κ1) is 10.1. The third-order valence-electron chi connectivity index (χ3n) is 1.77. The molecular weight excluding hydrogens is 184 g/mol. The molecule has 1 heterocycles. The van der Waals surface area contributed by atoms with Crippen LogP contribution in [0.1, 0.15) is 6.92 Å². The molecule has 1 atom stereocenters. The van der Waals surface area contributed by atoms with Gasteiger partial charge in [0, 0.05) is 18.1 Å². The van der Waals surface area contributed by atoms with Gasteiger partial charge in [0.15, 0.2) is 5.16 Å². The Kier molecular flexibility index (Phi) is 3.34. The smallest absolute Gasteiger partial charge is 0.165 e. The van der Waals surface area contributed by atoms with E-state index in [1.165, 1.54) is 11.8 Å². The third kappa shape index (κ3) is 2.76. The zero-order valence-electron chi connectivity index (χ0n) is 7.66. The highest BCUT2D eigenvalue weighted by Crippen LogP contribution is 2.17. The monoisotopic (exact) mass is 196 g/mol. The van der Waals surface area contributed by atoms with Gasteiger partial charge in [-0.3, -0.25) is 0 Å². The second kappa shape index (κ2) is 4.30. The van der Waals surface area contributed by atoms with Gasteiger partial charge in [-0.1, -0.05) is 11.8 Å². The maximum atomic E-state index is 8.86. The molecule has 1 aromatic rings. The minimum atomic E-state index is -0.489. The van der Waals surface area contributed by atoms with E-state index in [0.717, 1.165) is 5.16 Å². The van der Waals surface area contributed by atoms with Gasteiger partial charge in [0.2, 0.25) is 0 Å². The molecule has 13 heavy (non-hydrogen) atoms. The molecular formula is C8H12N4S. The maximum absolute atomic E-state index is 8.86. The summed E-state index contributed by atoms with van der Waals surface area (Å²) < 4.78 is 0. The van der Waals surface area contributed by atoms with Crippen LogP contribution in [-0.4, -0.2) is 28.3 Å². The Bertz CT molecular complexity index is 290. The van der Waals surface area contributed by atoms with Gasteiger partial charge in [0.25, 0.3) is 0 Å². The van der Waals surface area contributed by atoms with Gasteiger partial charge in [-0.2, -0.15) is 5.26 Å². The topological polar surface area (TPSA) is 64.5 Å². The SMILES string of the molecule is CNC(C)(C#N)CSc1ncc[nH]1. The number of hydrogen-bond donors (Lipinski definition) is 2. The number of nitrogens with zero attached hydrogens (tertiary/aromatic N) is 2. The van der Waals surface area contributed by atoms with Crippen molar-refractivity contribution in [1.82, 2.24) is 15.3 Å². The highest BCUT2D eigenvalue weighted by atomic mass is 32.2. The number of aromatic amines is 1. The summed E-state index contributed by atoms with van der Waals surface area (Å²) in [5.74, 6) is 0.674. The van der Waals surface area contributed by atoms with Crippen molar-refractivity contribution in [1.29, 1.82) is 5.26 Å². The van der Waals surface area contributed by atoms with E-state index in [2.05, 4.69) is 21.4 Å². The predicted octanol–water partition coefficient (Wildman–Crippen LogP) is 1.00. The normalized spacial score (nSPS) is 14.8. The first-order chi connectivity index (χ1) is 6.20. The Labute approximate surface area is 81.8 Å². The highest BCUT2D eigenvalue weighted by Gasteiger charge is 2.21. The maximum Gasteiger partial charge on any atom is 0.165 e. The van der Waals surface area contributed by atoms with Crippen LogP contribution >= 0.6 is 11.8 Å². The lowest BCUT2D eigenvalue weighted by Gasteiger charge is -2.18. The molecule has 5 heteroatoms. The quantitative estimate of drug-likeness (QED) is 0.705. The van der Waals surface area contributed by atoms with E-state index >= 15 is 0 Å². The highest BCUT2D eigenvalue weighted by molar-refractivity contribution is 7.99. The Balaban J connectivity index is 2.47. The Morgan fingerprint density at radius 2 is 2.62 bits per heavy atom. The summed E-state index contributed by atoms with van der Waals surface area (Å²) >= 11 is 1.53. The van der Waals surface area contributed by atoms with Crippen LogP contribution in [0.3, 0.4) is 0 Å². The van der Waals surface area contributed by atoms with Gasteiger partial charge >= 0.3 is 0 Å². The molecule has 1 rings (SSSR count).